The molecule has 0 amide bonds. The van der Waals surface area contributed by atoms with Crippen molar-refractivity contribution in [2.75, 3.05) is 5.73 Å². The standard InChI is InChI=1S/C13H11N5O2/c1-17-12(16-11-3-2-6-15-13(11)17)9-7-8(18(19)20)4-5-10(9)14/h2-7H,14H2,1H3. The number of aromatic nitrogens is 3. The maximum absolute atomic E-state index is 10.9. The Hall–Kier alpha value is -2.96. The van der Waals surface area contributed by atoms with Gasteiger partial charge in [0.05, 0.1) is 4.92 Å². The SMILES string of the molecule is Cn1c(-c2cc([N+](=O)[O-])ccc2N)nc2cccnc21. The number of nitro groups is 1. The normalized spacial score (nSPS) is 10.8. The Morgan fingerprint density at radius 3 is 2.85 bits per heavy atom. The summed E-state index contributed by atoms with van der Waals surface area (Å²) < 4.78 is 1.77. The third-order valence-corrected chi connectivity index (χ3v) is 3.12. The highest BCUT2D eigenvalue weighted by molar-refractivity contribution is 5.82. The number of benzene rings is 1. The molecule has 7 heteroatoms. The quantitative estimate of drug-likeness (QED) is 0.436. The molecule has 0 saturated carbocycles. The molecule has 2 aromatic heterocycles. The number of imidazole rings is 1. The second-order valence-electron chi connectivity index (χ2n) is 4.37. The maximum atomic E-state index is 10.9. The fourth-order valence-corrected chi connectivity index (χ4v) is 2.12. The minimum Gasteiger partial charge on any atom is -0.398 e. The molecule has 0 aliphatic heterocycles. The van der Waals surface area contributed by atoms with Gasteiger partial charge < -0.3 is 10.3 Å². The van der Waals surface area contributed by atoms with Crippen molar-refractivity contribution in [1.29, 1.82) is 0 Å². The van der Waals surface area contributed by atoms with Gasteiger partial charge in [0, 0.05) is 36.6 Å². The smallest absolute Gasteiger partial charge is 0.270 e. The van der Waals surface area contributed by atoms with Crippen LogP contribution in [0, 0.1) is 10.1 Å². The first kappa shape index (κ1) is 12.1. The van der Waals surface area contributed by atoms with Crippen LogP contribution in [0.5, 0.6) is 0 Å². The summed E-state index contributed by atoms with van der Waals surface area (Å²) in [4.78, 5) is 19.1. The molecule has 0 fully saturated rings. The second-order valence-corrected chi connectivity index (χ2v) is 4.37. The van der Waals surface area contributed by atoms with Crippen molar-refractivity contribution in [3.63, 3.8) is 0 Å². The lowest BCUT2D eigenvalue weighted by atomic mass is 10.1. The first-order valence-electron chi connectivity index (χ1n) is 5.89. The Balaban J connectivity index is 2.27. The molecule has 3 aromatic rings. The Kier molecular flexibility index (Phi) is 2.60. The number of hydrogen-bond acceptors (Lipinski definition) is 5. The molecule has 0 atom stereocenters. The Morgan fingerprint density at radius 2 is 2.15 bits per heavy atom. The van der Waals surface area contributed by atoms with E-state index in [0.717, 1.165) is 5.52 Å². The number of nitrogen functional groups attached to an aromatic ring is 1. The number of rotatable bonds is 2. The van der Waals surface area contributed by atoms with Crippen LogP contribution in [0.2, 0.25) is 0 Å². The zero-order chi connectivity index (χ0) is 14.3. The third-order valence-electron chi connectivity index (χ3n) is 3.12. The summed E-state index contributed by atoms with van der Waals surface area (Å²) in [6, 6.07) is 7.94. The van der Waals surface area contributed by atoms with Crippen LogP contribution in [-0.2, 0) is 7.05 Å². The fraction of sp³-hybridized carbons (Fsp3) is 0.0769. The second kappa shape index (κ2) is 4.30. The zero-order valence-corrected chi connectivity index (χ0v) is 10.6. The fourth-order valence-electron chi connectivity index (χ4n) is 2.12. The lowest BCUT2D eigenvalue weighted by molar-refractivity contribution is -0.384. The first-order chi connectivity index (χ1) is 9.58. The van der Waals surface area contributed by atoms with Crippen molar-refractivity contribution in [3.8, 4) is 11.4 Å². The van der Waals surface area contributed by atoms with Gasteiger partial charge in [-0.05, 0) is 18.2 Å². The van der Waals surface area contributed by atoms with Crippen LogP contribution in [0.3, 0.4) is 0 Å². The number of aryl methyl sites for hydroxylation is 1. The average Bonchev–Trinajstić information content (AvgIpc) is 2.77. The molecule has 2 heterocycles. The summed E-state index contributed by atoms with van der Waals surface area (Å²) in [7, 11) is 1.80. The predicted molar refractivity (Wildman–Crippen MR) is 75.0 cm³/mol. The van der Waals surface area contributed by atoms with Crippen molar-refractivity contribution in [2.45, 2.75) is 0 Å². The minimum atomic E-state index is -0.455. The van der Waals surface area contributed by atoms with Gasteiger partial charge in [-0.2, -0.15) is 0 Å². The van der Waals surface area contributed by atoms with E-state index in [1.54, 1.807) is 23.9 Å². The van der Waals surface area contributed by atoms with Crippen molar-refractivity contribution >= 4 is 22.5 Å². The summed E-state index contributed by atoms with van der Waals surface area (Å²) in [5.74, 6) is 0.555. The molecule has 0 aliphatic rings. The van der Waals surface area contributed by atoms with Gasteiger partial charge in [-0.25, -0.2) is 9.97 Å². The number of hydrogen-bond donors (Lipinski definition) is 1. The van der Waals surface area contributed by atoms with E-state index >= 15 is 0 Å². The molecule has 0 radical (unpaired) electrons. The van der Waals surface area contributed by atoms with Crippen LogP contribution in [0.15, 0.2) is 36.5 Å². The first-order valence-corrected chi connectivity index (χ1v) is 5.89. The van der Waals surface area contributed by atoms with Gasteiger partial charge in [0.25, 0.3) is 5.69 Å². The number of nitrogens with zero attached hydrogens (tertiary/aromatic N) is 4. The lowest BCUT2D eigenvalue weighted by Crippen LogP contribution is -1.99. The molecule has 20 heavy (non-hydrogen) atoms. The number of non-ortho nitro benzene ring substituents is 1. The highest BCUT2D eigenvalue weighted by Crippen LogP contribution is 2.30. The largest absolute Gasteiger partial charge is 0.398 e. The average molecular weight is 269 g/mol. The summed E-state index contributed by atoms with van der Waals surface area (Å²) in [5, 5.41) is 10.9. The van der Waals surface area contributed by atoms with E-state index in [2.05, 4.69) is 9.97 Å². The van der Waals surface area contributed by atoms with Crippen LogP contribution < -0.4 is 5.73 Å². The van der Waals surface area contributed by atoms with Gasteiger partial charge in [-0.1, -0.05) is 0 Å². The van der Waals surface area contributed by atoms with Crippen molar-refractivity contribution in [2.24, 2.45) is 7.05 Å². The van der Waals surface area contributed by atoms with E-state index in [1.807, 2.05) is 6.07 Å². The van der Waals surface area contributed by atoms with Crippen LogP contribution >= 0.6 is 0 Å². The lowest BCUT2D eigenvalue weighted by Gasteiger charge is -2.05. The number of nitro benzene ring substituents is 1. The minimum absolute atomic E-state index is 0.0192. The highest BCUT2D eigenvalue weighted by Gasteiger charge is 2.16. The molecule has 0 spiro atoms. The molecule has 0 saturated heterocycles. The molecule has 2 N–H and O–H groups in total. The van der Waals surface area contributed by atoms with E-state index in [9.17, 15) is 10.1 Å². The van der Waals surface area contributed by atoms with Crippen LogP contribution in [0.1, 0.15) is 0 Å². The number of pyridine rings is 1. The van der Waals surface area contributed by atoms with E-state index in [1.165, 1.54) is 18.2 Å². The Labute approximate surface area is 113 Å². The molecular formula is C13H11N5O2. The number of anilines is 1. The summed E-state index contributed by atoms with van der Waals surface area (Å²) in [5.41, 5.74) is 8.28. The Morgan fingerprint density at radius 1 is 1.35 bits per heavy atom. The molecular weight excluding hydrogens is 258 g/mol. The molecule has 0 aliphatic carbocycles. The molecule has 0 unspecified atom stereocenters. The van der Waals surface area contributed by atoms with Crippen LogP contribution in [0.25, 0.3) is 22.6 Å². The van der Waals surface area contributed by atoms with Crippen molar-refractivity contribution in [3.05, 3.63) is 46.6 Å². The van der Waals surface area contributed by atoms with E-state index < -0.39 is 4.92 Å². The highest BCUT2D eigenvalue weighted by atomic mass is 16.6. The van der Waals surface area contributed by atoms with Crippen LogP contribution in [0.4, 0.5) is 11.4 Å². The van der Waals surface area contributed by atoms with E-state index in [0.29, 0.717) is 22.7 Å². The third kappa shape index (κ3) is 1.76. The van der Waals surface area contributed by atoms with Gasteiger partial charge in [-0.3, -0.25) is 10.1 Å². The van der Waals surface area contributed by atoms with Crippen molar-refractivity contribution < 1.29 is 4.92 Å². The monoisotopic (exact) mass is 269 g/mol. The Bertz CT molecular complexity index is 825. The molecule has 3 rings (SSSR count). The number of nitrogens with two attached hydrogens (primary N) is 1. The zero-order valence-electron chi connectivity index (χ0n) is 10.6. The van der Waals surface area contributed by atoms with Gasteiger partial charge in [-0.15, -0.1) is 0 Å². The topological polar surface area (TPSA) is 99.9 Å². The predicted octanol–water partition coefficient (Wildman–Crippen LogP) is 2.13. The van der Waals surface area contributed by atoms with E-state index in [4.69, 9.17) is 5.73 Å². The number of fused-ring (bicyclic) bond motifs is 1. The van der Waals surface area contributed by atoms with E-state index in [-0.39, 0.29) is 5.69 Å². The van der Waals surface area contributed by atoms with Crippen LogP contribution in [-0.4, -0.2) is 19.5 Å². The summed E-state index contributed by atoms with van der Waals surface area (Å²) in [6.07, 6.45) is 1.67. The summed E-state index contributed by atoms with van der Waals surface area (Å²) >= 11 is 0. The molecule has 1 aromatic carbocycles. The van der Waals surface area contributed by atoms with Gasteiger partial charge in [0.15, 0.2) is 5.65 Å². The van der Waals surface area contributed by atoms with Crippen molar-refractivity contribution in [1.82, 2.24) is 14.5 Å². The van der Waals surface area contributed by atoms with Gasteiger partial charge >= 0.3 is 0 Å². The maximum Gasteiger partial charge on any atom is 0.270 e. The van der Waals surface area contributed by atoms with Gasteiger partial charge in [0.2, 0.25) is 0 Å². The van der Waals surface area contributed by atoms with Gasteiger partial charge in [0.1, 0.15) is 11.3 Å². The molecule has 7 nitrogen and oxygen atoms in total. The summed E-state index contributed by atoms with van der Waals surface area (Å²) in [6.45, 7) is 0. The molecule has 0 bridgehead atoms. The molecule has 100 valence electrons.